The van der Waals surface area contributed by atoms with Crippen molar-refractivity contribution in [3.05, 3.63) is 28.8 Å². The van der Waals surface area contributed by atoms with E-state index in [4.69, 9.17) is 28.0 Å². The van der Waals surface area contributed by atoms with Gasteiger partial charge in [-0.25, -0.2) is 0 Å². The van der Waals surface area contributed by atoms with Crippen LogP contribution in [0.1, 0.15) is 12.5 Å². The first-order chi connectivity index (χ1) is 6.69. The third-order valence-corrected chi connectivity index (χ3v) is 1.94. The van der Waals surface area contributed by atoms with Crippen molar-refractivity contribution in [2.24, 2.45) is 0 Å². The lowest BCUT2D eigenvalue weighted by atomic mass is 10.2. The molecule has 0 saturated carbocycles. The zero-order valence-electron chi connectivity index (χ0n) is 7.62. The lowest BCUT2D eigenvalue weighted by molar-refractivity contribution is 0.278. The zero-order valence-corrected chi connectivity index (χ0v) is 8.38. The summed E-state index contributed by atoms with van der Waals surface area (Å²) in [5.41, 5.74) is 0.316. The van der Waals surface area contributed by atoms with Crippen molar-refractivity contribution >= 4 is 11.6 Å². The van der Waals surface area contributed by atoms with Gasteiger partial charge in [0.15, 0.2) is 6.10 Å². The molecule has 3 heteroatoms. The van der Waals surface area contributed by atoms with E-state index in [0.29, 0.717) is 16.3 Å². The van der Waals surface area contributed by atoms with Gasteiger partial charge in [-0.1, -0.05) is 23.6 Å². The van der Waals surface area contributed by atoms with E-state index in [1.807, 2.05) is 6.07 Å². The lowest BCUT2D eigenvalue weighted by Crippen LogP contribution is -2.09. The Labute approximate surface area is 88.1 Å². The summed E-state index contributed by atoms with van der Waals surface area (Å²) < 4.78 is 5.32. The zero-order chi connectivity index (χ0) is 10.6. The summed E-state index contributed by atoms with van der Waals surface area (Å²) >= 11 is 5.80. The van der Waals surface area contributed by atoms with Crippen LogP contribution in [-0.2, 0) is 0 Å². The molecule has 2 nitrogen and oxygen atoms in total. The largest absolute Gasteiger partial charge is 0.477 e. The second-order valence-electron chi connectivity index (χ2n) is 2.65. The number of rotatable bonds is 2. The van der Waals surface area contributed by atoms with Gasteiger partial charge in [0.1, 0.15) is 17.4 Å². The van der Waals surface area contributed by atoms with E-state index in [1.165, 1.54) is 0 Å². The molecule has 0 aliphatic heterocycles. The SMILES string of the molecule is C#CC(C)Oc1cccc(Cl)c1C#N. The van der Waals surface area contributed by atoms with Crippen LogP contribution in [0.3, 0.4) is 0 Å². The summed E-state index contributed by atoms with van der Waals surface area (Å²) in [6, 6.07) is 6.98. The molecule has 0 heterocycles. The second kappa shape index (κ2) is 4.56. The third kappa shape index (κ3) is 2.19. The molecule has 0 radical (unpaired) electrons. The highest BCUT2D eigenvalue weighted by Gasteiger charge is 2.09. The van der Waals surface area contributed by atoms with Gasteiger partial charge in [0.25, 0.3) is 0 Å². The average Bonchev–Trinajstić information content (AvgIpc) is 2.18. The van der Waals surface area contributed by atoms with Gasteiger partial charge < -0.3 is 4.74 Å². The fourth-order valence-electron chi connectivity index (χ4n) is 0.936. The molecule has 1 aromatic carbocycles. The minimum Gasteiger partial charge on any atom is -0.477 e. The van der Waals surface area contributed by atoms with E-state index < -0.39 is 0 Å². The second-order valence-corrected chi connectivity index (χ2v) is 3.06. The molecule has 0 aliphatic rings. The third-order valence-electron chi connectivity index (χ3n) is 1.63. The quantitative estimate of drug-likeness (QED) is 0.696. The molecule has 70 valence electrons. The average molecular weight is 206 g/mol. The molecule has 1 aromatic rings. The number of halogens is 1. The van der Waals surface area contributed by atoms with Crippen molar-refractivity contribution in [1.29, 1.82) is 5.26 Å². The molecule has 1 atom stereocenters. The van der Waals surface area contributed by atoms with Crippen LogP contribution in [0.25, 0.3) is 0 Å². The van der Waals surface area contributed by atoms with Crippen LogP contribution in [0.15, 0.2) is 18.2 Å². The van der Waals surface area contributed by atoms with Crippen molar-refractivity contribution in [2.75, 3.05) is 0 Å². The molecule has 0 aliphatic carbocycles. The summed E-state index contributed by atoms with van der Waals surface area (Å²) in [5.74, 6) is 2.83. The van der Waals surface area contributed by atoms with E-state index in [-0.39, 0.29) is 6.10 Å². The van der Waals surface area contributed by atoms with Gasteiger partial charge in [0, 0.05) is 0 Å². The van der Waals surface area contributed by atoms with E-state index in [2.05, 4.69) is 5.92 Å². The maximum atomic E-state index is 8.82. The molecule has 1 unspecified atom stereocenters. The van der Waals surface area contributed by atoms with E-state index in [1.54, 1.807) is 25.1 Å². The Balaban J connectivity index is 3.05. The van der Waals surface area contributed by atoms with Crippen molar-refractivity contribution in [3.8, 4) is 24.2 Å². The van der Waals surface area contributed by atoms with E-state index >= 15 is 0 Å². The van der Waals surface area contributed by atoms with Crippen molar-refractivity contribution in [3.63, 3.8) is 0 Å². The number of nitrogens with zero attached hydrogens (tertiary/aromatic N) is 1. The van der Waals surface area contributed by atoms with Gasteiger partial charge in [-0.2, -0.15) is 5.26 Å². The first-order valence-corrected chi connectivity index (χ1v) is 4.38. The Morgan fingerprint density at radius 3 is 2.86 bits per heavy atom. The number of benzene rings is 1. The van der Waals surface area contributed by atoms with Crippen LogP contribution >= 0.6 is 11.6 Å². The molecular weight excluding hydrogens is 198 g/mol. The Hall–Kier alpha value is -1.64. The Kier molecular flexibility index (Phi) is 3.40. The van der Waals surface area contributed by atoms with Crippen LogP contribution in [0.2, 0.25) is 5.02 Å². The molecule has 0 saturated heterocycles. The molecule has 0 amide bonds. The molecule has 14 heavy (non-hydrogen) atoms. The van der Waals surface area contributed by atoms with Crippen LogP contribution < -0.4 is 4.74 Å². The Morgan fingerprint density at radius 2 is 2.29 bits per heavy atom. The van der Waals surface area contributed by atoms with Gasteiger partial charge in [-0.3, -0.25) is 0 Å². The predicted molar refractivity (Wildman–Crippen MR) is 55.1 cm³/mol. The summed E-state index contributed by atoms with van der Waals surface area (Å²) in [4.78, 5) is 0. The van der Waals surface area contributed by atoms with Gasteiger partial charge in [0.2, 0.25) is 0 Å². The fraction of sp³-hybridized carbons (Fsp3) is 0.182. The topological polar surface area (TPSA) is 33.0 Å². The van der Waals surface area contributed by atoms with Crippen molar-refractivity contribution in [1.82, 2.24) is 0 Å². The van der Waals surface area contributed by atoms with Crippen LogP contribution in [0.5, 0.6) is 5.75 Å². The van der Waals surface area contributed by atoms with E-state index in [9.17, 15) is 0 Å². The first-order valence-electron chi connectivity index (χ1n) is 4.00. The minimum atomic E-state index is -0.374. The number of nitriles is 1. The highest BCUT2D eigenvalue weighted by atomic mass is 35.5. The van der Waals surface area contributed by atoms with Crippen LogP contribution in [0.4, 0.5) is 0 Å². The van der Waals surface area contributed by atoms with Crippen LogP contribution in [0, 0.1) is 23.7 Å². The lowest BCUT2D eigenvalue weighted by Gasteiger charge is -2.10. The molecule has 1 rings (SSSR count). The molecule has 0 spiro atoms. The summed E-state index contributed by atoms with van der Waals surface area (Å²) in [6.07, 6.45) is 4.78. The van der Waals surface area contributed by atoms with E-state index in [0.717, 1.165) is 0 Å². The molecule has 0 aromatic heterocycles. The maximum absolute atomic E-state index is 8.82. The fourth-order valence-corrected chi connectivity index (χ4v) is 1.14. The summed E-state index contributed by atoms with van der Waals surface area (Å²) in [5, 5.41) is 9.19. The minimum absolute atomic E-state index is 0.316. The Bertz CT molecular complexity index is 414. The predicted octanol–water partition coefficient (Wildman–Crippen LogP) is 2.61. The number of hydrogen-bond donors (Lipinski definition) is 0. The van der Waals surface area contributed by atoms with Gasteiger partial charge in [-0.05, 0) is 19.1 Å². The summed E-state index contributed by atoms with van der Waals surface area (Å²) in [7, 11) is 0. The number of ether oxygens (including phenoxy) is 1. The summed E-state index contributed by atoms with van der Waals surface area (Å²) in [6.45, 7) is 1.72. The first kappa shape index (κ1) is 10.4. The van der Waals surface area contributed by atoms with Gasteiger partial charge >= 0.3 is 0 Å². The molecule has 0 fully saturated rings. The van der Waals surface area contributed by atoms with Gasteiger partial charge in [-0.15, -0.1) is 6.42 Å². The smallest absolute Gasteiger partial charge is 0.156 e. The number of hydrogen-bond acceptors (Lipinski definition) is 2. The molecule has 0 bridgehead atoms. The Morgan fingerprint density at radius 1 is 1.57 bits per heavy atom. The normalized spacial score (nSPS) is 11.1. The van der Waals surface area contributed by atoms with Crippen molar-refractivity contribution < 1.29 is 4.74 Å². The van der Waals surface area contributed by atoms with Crippen LogP contribution in [-0.4, -0.2) is 6.10 Å². The highest BCUT2D eigenvalue weighted by molar-refractivity contribution is 6.31. The highest BCUT2D eigenvalue weighted by Crippen LogP contribution is 2.25. The molecule has 0 N–H and O–H groups in total. The van der Waals surface area contributed by atoms with Crippen molar-refractivity contribution in [2.45, 2.75) is 13.0 Å². The monoisotopic (exact) mass is 205 g/mol. The molecular formula is C11H8ClNO. The van der Waals surface area contributed by atoms with Gasteiger partial charge in [0.05, 0.1) is 5.02 Å². The number of terminal acetylenes is 1. The standard InChI is InChI=1S/C11H8ClNO/c1-3-8(2)14-11-6-4-5-10(12)9(11)7-13/h1,4-6,8H,2H3. The maximum Gasteiger partial charge on any atom is 0.156 e.